The molecular formula is C12H15BrClNO. The van der Waals surface area contributed by atoms with E-state index in [4.69, 9.17) is 16.3 Å². The third-order valence-corrected chi connectivity index (χ3v) is 4.10. The van der Waals surface area contributed by atoms with E-state index in [-0.39, 0.29) is 0 Å². The third kappa shape index (κ3) is 2.77. The SMILES string of the molecule is CO[C@@H]1CCN(Cc2c(Cl)cccc2Br)C1. The summed E-state index contributed by atoms with van der Waals surface area (Å²) in [5.74, 6) is 0. The Morgan fingerprint density at radius 3 is 3.00 bits per heavy atom. The van der Waals surface area contributed by atoms with E-state index in [1.165, 1.54) is 5.56 Å². The summed E-state index contributed by atoms with van der Waals surface area (Å²) in [5, 5.41) is 0.829. The van der Waals surface area contributed by atoms with Crippen molar-refractivity contribution in [3.63, 3.8) is 0 Å². The summed E-state index contributed by atoms with van der Waals surface area (Å²) in [6.07, 6.45) is 1.49. The molecule has 0 unspecified atom stereocenters. The summed E-state index contributed by atoms with van der Waals surface area (Å²) < 4.78 is 6.44. The van der Waals surface area contributed by atoms with Crippen molar-refractivity contribution in [3.05, 3.63) is 33.3 Å². The van der Waals surface area contributed by atoms with Gasteiger partial charge in [-0.2, -0.15) is 0 Å². The van der Waals surface area contributed by atoms with Gasteiger partial charge >= 0.3 is 0 Å². The number of halogens is 2. The van der Waals surface area contributed by atoms with Gasteiger partial charge in [-0.25, -0.2) is 0 Å². The Kier molecular flexibility index (Phi) is 4.25. The Bertz CT molecular complexity index is 352. The van der Waals surface area contributed by atoms with E-state index < -0.39 is 0 Å². The molecule has 1 aliphatic rings. The van der Waals surface area contributed by atoms with Gasteiger partial charge < -0.3 is 4.74 Å². The molecule has 88 valence electrons. The highest BCUT2D eigenvalue weighted by molar-refractivity contribution is 9.10. The average molecular weight is 305 g/mol. The molecule has 0 aliphatic carbocycles. The number of rotatable bonds is 3. The van der Waals surface area contributed by atoms with Crippen molar-refractivity contribution in [1.82, 2.24) is 4.90 Å². The molecule has 0 amide bonds. The molecule has 1 saturated heterocycles. The fourth-order valence-corrected chi connectivity index (χ4v) is 2.88. The van der Waals surface area contributed by atoms with Crippen LogP contribution in [0.15, 0.2) is 22.7 Å². The van der Waals surface area contributed by atoms with E-state index in [0.717, 1.165) is 35.6 Å². The smallest absolute Gasteiger partial charge is 0.0710 e. The van der Waals surface area contributed by atoms with Crippen molar-refractivity contribution in [2.45, 2.75) is 19.1 Å². The second-order valence-corrected chi connectivity index (χ2v) is 5.34. The molecule has 1 heterocycles. The molecular weight excluding hydrogens is 289 g/mol. The van der Waals surface area contributed by atoms with E-state index in [1.807, 2.05) is 18.2 Å². The minimum absolute atomic E-state index is 0.376. The van der Waals surface area contributed by atoms with Gasteiger partial charge in [0.15, 0.2) is 0 Å². The zero-order valence-corrected chi connectivity index (χ0v) is 11.6. The molecule has 2 rings (SSSR count). The number of methoxy groups -OCH3 is 1. The zero-order chi connectivity index (χ0) is 11.5. The van der Waals surface area contributed by atoms with Crippen LogP contribution in [0.2, 0.25) is 5.02 Å². The van der Waals surface area contributed by atoms with Crippen LogP contribution >= 0.6 is 27.5 Å². The fourth-order valence-electron chi connectivity index (χ4n) is 2.04. The van der Waals surface area contributed by atoms with E-state index in [1.54, 1.807) is 7.11 Å². The molecule has 1 aliphatic heterocycles. The monoisotopic (exact) mass is 303 g/mol. The summed E-state index contributed by atoms with van der Waals surface area (Å²) in [4.78, 5) is 2.38. The van der Waals surface area contributed by atoms with Crippen molar-refractivity contribution in [2.24, 2.45) is 0 Å². The molecule has 0 saturated carbocycles. The van der Waals surface area contributed by atoms with Crippen LogP contribution in [-0.2, 0) is 11.3 Å². The van der Waals surface area contributed by atoms with Crippen molar-refractivity contribution in [2.75, 3.05) is 20.2 Å². The molecule has 0 aromatic heterocycles. The first kappa shape index (κ1) is 12.4. The first-order chi connectivity index (χ1) is 7.70. The molecule has 0 bridgehead atoms. The predicted octanol–water partition coefficient (Wildman–Crippen LogP) is 3.32. The molecule has 0 N–H and O–H groups in total. The molecule has 2 nitrogen and oxygen atoms in total. The first-order valence-electron chi connectivity index (χ1n) is 5.38. The third-order valence-electron chi connectivity index (χ3n) is 3.01. The molecule has 4 heteroatoms. The number of benzene rings is 1. The van der Waals surface area contributed by atoms with Crippen LogP contribution in [0.4, 0.5) is 0 Å². The van der Waals surface area contributed by atoms with Crippen LogP contribution in [0, 0.1) is 0 Å². The van der Waals surface area contributed by atoms with Gasteiger partial charge in [-0.05, 0) is 24.1 Å². The van der Waals surface area contributed by atoms with Crippen LogP contribution in [0.5, 0.6) is 0 Å². The highest BCUT2D eigenvalue weighted by atomic mass is 79.9. The maximum absolute atomic E-state index is 6.19. The van der Waals surface area contributed by atoms with Gasteiger partial charge in [0, 0.05) is 36.2 Å². The lowest BCUT2D eigenvalue weighted by atomic mass is 10.2. The van der Waals surface area contributed by atoms with E-state index in [2.05, 4.69) is 20.8 Å². The molecule has 1 fully saturated rings. The maximum atomic E-state index is 6.19. The van der Waals surface area contributed by atoms with Gasteiger partial charge in [0.25, 0.3) is 0 Å². The van der Waals surface area contributed by atoms with Crippen LogP contribution < -0.4 is 0 Å². The van der Waals surface area contributed by atoms with Gasteiger partial charge in [0.2, 0.25) is 0 Å². The summed E-state index contributed by atoms with van der Waals surface area (Å²) in [6.45, 7) is 2.96. The zero-order valence-electron chi connectivity index (χ0n) is 9.25. The van der Waals surface area contributed by atoms with Gasteiger partial charge in [0.05, 0.1) is 6.10 Å². The van der Waals surface area contributed by atoms with E-state index in [0.29, 0.717) is 6.10 Å². The Balaban J connectivity index is 2.04. The second-order valence-electron chi connectivity index (χ2n) is 4.08. The van der Waals surface area contributed by atoms with Crippen molar-refractivity contribution in [1.29, 1.82) is 0 Å². The predicted molar refractivity (Wildman–Crippen MR) is 69.8 cm³/mol. The Morgan fingerprint density at radius 1 is 1.56 bits per heavy atom. The lowest BCUT2D eigenvalue weighted by molar-refractivity contribution is 0.107. The van der Waals surface area contributed by atoms with Crippen molar-refractivity contribution < 1.29 is 4.74 Å². The molecule has 0 spiro atoms. The van der Waals surface area contributed by atoms with Crippen LogP contribution in [0.3, 0.4) is 0 Å². The normalized spacial score (nSPS) is 21.6. The van der Waals surface area contributed by atoms with Gasteiger partial charge in [-0.15, -0.1) is 0 Å². The van der Waals surface area contributed by atoms with Crippen LogP contribution in [0.1, 0.15) is 12.0 Å². The summed E-state index contributed by atoms with van der Waals surface area (Å²) >= 11 is 9.73. The quantitative estimate of drug-likeness (QED) is 0.849. The summed E-state index contributed by atoms with van der Waals surface area (Å²) in [6, 6.07) is 5.93. The molecule has 1 atom stereocenters. The highest BCUT2D eigenvalue weighted by Gasteiger charge is 2.22. The van der Waals surface area contributed by atoms with E-state index >= 15 is 0 Å². The lowest BCUT2D eigenvalue weighted by Crippen LogP contribution is -2.22. The van der Waals surface area contributed by atoms with Crippen LogP contribution in [-0.4, -0.2) is 31.2 Å². The summed E-state index contributed by atoms with van der Waals surface area (Å²) in [5.41, 5.74) is 1.17. The van der Waals surface area contributed by atoms with E-state index in [9.17, 15) is 0 Å². The van der Waals surface area contributed by atoms with Gasteiger partial charge in [0.1, 0.15) is 0 Å². The second kappa shape index (κ2) is 5.50. The topological polar surface area (TPSA) is 12.5 Å². The Hall–Kier alpha value is -0.0900. The van der Waals surface area contributed by atoms with Crippen molar-refractivity contribution >= 4 is 27.5 Å². The van der Waals surface area contributed by atoms with Gasteiger partial charge in [-0.1, -0.05) is 33.6 Å². The highest BCUT2D eigenvalue weighted by Crippen LogP contribution is 2.27. The summed E-state index contributed by atoms with van der Waals surface area (Å²) in [7, 11) is 1.78. The Morgan fingerprint density at radius 2 is 2.38 bits per heavy atom. The van der Waals surface area contributed by atoms with Gasteiger partial charge in [-0.3, -0.25) is 4.90 Å². The van der Waals surface area contributed by atoms with Crippen molar-refractivity contribution in [3.8, 4) is 0 Å². The molecule has 1 aromatic rings. The molecule has 1 aromatic carbocycles. The van der Waals surface area contributed by atoms with Crippen LogP contribution in [0.25, 0.3) is 0 Å². The molecule has 16 heavy (non-hydrogen) atoms. The fraction of sp³-hybridized carbons (Fsp3) is 0.500. The standard InChI is InChI=1S/C12H15BrClNO/c1-16-9-5-6-15(7-9)8-10-11(13)3-2-4-12(10)14/h2-4,9H,5-8H2,1H3/t9-/m1/s1. The maximum Gasteiger partial charge on any atom is 0.0710 e. The minimum atomic E-state index is 0.376. The Labute approximate surface area is 110 Å². The molecule has 0 radical (unpaired) electrons. The lowest BCUT2D eigenvalue weighted by Gasteiger charge is -2.17. The minimum Gasteiger partial charge on any atom is -0.380 e. The number of likely N-dealkylation sites (tertiary alicyclic amines) is 1. The first-order valence-corrected chi connectivity index (χ1v) is 6.56. The average Bonchev–Trinajstić information content (AvgIpc) is 2.71. The number of hydrogen-bond donors (Lipinski definition) is 0. The number of ether oxygens (including phenoxy) is 1. The number of hydrogen-bond acceptors (Lipinski definition) is 2. The largest absolute Gasteiger partial charge is 0.380 e. The number of nitrogens with zero attached hydrogens (tertiary/aromatic N) is 1.